The average Bonchev–Trinajstić information content (AvgIpc) is 2.30. The molecule has 4 heteroatoms. The Kier molecular flexibility index (Phi) is 5.13. The van der Waals surface area contributed by atoms with E-state index in [1.165, 1.54) is 0 Å². The summed E-state index contributed by atoms with van der Waals surface area (Å²) in [5.41, 5.74) is 6.62. The van der Waals surface area contributed by atoms with E-state index in [9.17, 15) is 4.79 Å². The van der Waals surface area contributed by atoms with Crippen molar-refractivity contribution in [2.75, 3.05) is 0 Å². The number of nitrogens with zero attached hydrogens (tertiary/aromatic N) is 1. The Morgan fingerprint density at radius 1 is 1.39 bits per heavy atom. The minimum absolute atomic E-state index is 0.134. The van der Waals surface area contributed by atoms with Crippen molar-refractivity contribution in [2.24, 2.45) is 5.73 Å². The van der Waals surface area contributed by atoms with Crippen molar-refractivity contribution in [2.45, 2.75) is 52.5 Å². The Balaban J connectivity index is 3.19. The molecule has 0 aromatic carbocycles. The predicted octanol–water partition coefficient (Wildman–Crippen LogP) is 2.45. The molecule has 1 aromatic rings. The lowest BCUT2D eigenvalue weighted by atomic mass is 10.1. The van der Waals surface area contributed by atoms with Crippen molar-refractivity contribution in [1.29, 1.82) is 5.41 Å². The van der Waals surface area contributed by atoms with Gasteiger partial charge in [-0.25, -0.2) is 0 Å². The van der Waals surface area contributed by atoms with E-state index in [-0.39, 0.29) is 11.4 Å². The number of nitrogens with two attached hydrogens (primary N) is 1. The third kappa shape index (κ3) is 3.22. The van der Waals surface area contributed by atoms with Crippen molar-refractivity contribution in [1.82, 2.24) is 4.57 Å². The van der Waals surface area contributed by atoms with Crippen molar-refractivity contribution < 1.29 is 0 Å². The number of hydrogen-bond donors (Lipinski definition) is 2. The summed E-state index contributed by atoms with van der Waals surface area (Å²) >= 11 is 0. The average molecular weight is 249 g/mol. The number of amidine groups is 1. The smallest absolute Gasteiger partial charge is 0.261 e. The molecule has 0 fully saturated rings. The fourth-order valence-corrected chi connectivity index (χ4v) is 2.05. The number of aromatic nitrogens is 1. The Morgan fingerprint density at radius 2 is 2.06 bits per heavy atom. The molecule has 0 aliphatic rings. The van der Waals surface area contributed by atoms with Gasteiger partial charge in [0.25, 0.3) is 5.56 Å². The molecule has 1 aromatic heterocycles. The fraction of sp³-hybridized carbons (Fsp3) is 0.571. The van der Waals surface area contributed by atoms with Crippen LogP contribution in [0.4, 0.5) is 0 Å². The monoisotopic (exact) mass is 249 g/mol. The molecule has 0 aliphatic carbocycles. The number of nitrogens with one attached hydrogen (secondary N) is 1. The molecule has 0 unspecified atom stereocenters. The lowest BCUT2D eigenvalue weighted by Crippen LogP contribution is -2.31. The molecule has 0 spiro atoms. The van der Waals surface area contributed by atoms with Gasteiger partial charge < -0.3 is 10.3 Å². The van der Waals surface area contributed by atoms with Crippen LogP contribution >= 0.6 is 0 Å². The van der Waals surface area contributed by atoms with Crippen LogP contribution in [0.15, 0.2) is 16.9 Å². The summed E-state index contributed by atoms with van der Waals surface area (Å²) in [6, 6.07) is 3.57. The Morgan fingerprint density at radius 3 is 2.56 bits per heavy atom. The van der Waals surface area contributed by atoms with Gasteiger partial charge in [0.05, 0.1) is 5.56 Å². The van der Waals surface area contributed by atoms with E-state index in [4.69, 9.17) is 11.1 Å². The lowest BCUT2D eigenvalue weighted by Gasteiger charge is -2.16. The molecule has 0 atom stereocenters. The topological polar surface area (TPSA) is 71.9 Å². The van der Waals surface area contributed by atoms with Gasteiger partial charge in [-0.2, -0.15) is 0 Å². The second kappa shape index (κ2) is 6.38. The van der Waals surface area contributed by atoms with Crippen LogP contribution in [0.1, 0.15) is 57.2 Å². The summed E-state index contributed by atoms with van der Waals surface area (Å²) in [6.45, 7) is 6.98. The molecule has 0 saturated carbocycles. The highest BCUT2D eigenvalue weighted by Gasteiger charge is 2.12. The Hall–Kier alpha value is -1.58. The highest BCUT2D eigenvalue weighted by atomic mass is 16.1. The molecule has 1 heterocycles. The molecule has 3 N–H and O–H groups in total. The maximum absolute atomic E-state index is 12.3. The molecule has 0 amide bonds. The normalized spacial score (nSPS) is 10.9. The van der Waals surface area contributed by atoms with E-state index in [0.717, 1.165) is 25.0 Å². The fourth-order valence-electron chi connectivity index (χ4n) is 2.05. The minimum atomic E-state index is -0.153. The Bertz CT molecular complexity index is 474. The van der Waals surface area contributed by atoms with Gasteiger partial charge in [-0.1, -0.05) is 33.6 Å². The summed E-state index contributed by atoms with van der Waals surface area (Å²) in [7, 11) is 0. The van der Waals surface area contributed by atoms with E-state index in [2.05, 4.69) is 20.8 Å². The van der Waals surface area contributed by atoms with Crippen LogP contribution in [0.25, 0.3) is 0 Å². The summed E-state index contributed by atoms with van der Waals surface area (Å²) in [4.78, 5) is 12.3. The van der Waals surface area contributed by atoms with Gasteiger partial charge in [0.15, 0.2) is 0 Å². The van der Waals surface area contributed by atoms with E-state index < -0.39 is 0 Å². The van der Waals surface area contributed by atoms with Crippen LogP contribution in [0.3, 0.4) is 0 Å². The molecular weight excluding hydrogens is 226 g/mol. The number of unbranched alkanes of at least 4 members (excludes halogenated alkanes) is 2. The van der Waals surface area contributed by atoms with Crippen molar-refractivity contribution >= 4 is 5.84 Å². The second-order valence-electron chi connectivity index (χ2n) is 4.90. The predicted molar refractivity (Wildman–Crippen MR) is 75.3 cm³/mol. The third-order valence-electron chi connectivity index (χ3n) is 3.07. The highest BCUT2D eigenvalue weighted by Crippen LogP contribution is 2.14. The van der Waals surface area contributed by atoms with Gasteiger partial charge in [0, 0.05) is 12.2 Å². The number of nitrogen functional groups attached to an aromatic ring is 1. The quantitative estimate of drug-likeness (QED) is 0.462. The van der Waals surface area contributed by atoms with Crippen LogP contribution in [-0.2, 0) is 6.54 Å². The first-order valence-electron chi connectivity index (χ1n) is 6.57. The Labute approximate surface area is 108 Å². The summed E-state index contributed by atoms with van der Waals surface area (Å²) < 4.78 is 1.77. The van der Waals surface area contributed by atoms with Gasteiger partial charge in [-0.05, 0) is 24.5 Å². The molecule has 0 radical (unpaired) electrons. The number of pyridine rings is 1. The van der Waals surface area contributed by atoms with Crippen molar-refractivity contribution in [3.63, 3.8) is 0 Å². The first-order chi connectivity index (χ1) is 8.49. The van der Waals surface area contributed by atoms with Crippen LogP contribution in [0.2, 0.25) is 0 Å². The van der Waals surface area contributed by atoms with Crippen LogP contribution in [0.5, 0.6) is 0 Å². The highest BCUT2D eigenvalue weighted by molar-refractivity contribution is 5.94. The summed E-state index contributed by atoms with van der Waals surface area (Å²) in [5.74, 6) is 0.139. The first-order valence-corrected chi connectivity index (χ1v) is 6.57. The molecule has 4 nitrogen and oxygen atoms in total. The molecule has 0 bridgehead atoms. The molecule has 0 aliphatic heterocycles. The minimum Gasteiger partial charge on any atom is -0.384 e. The molecule has 18 heavy (non-hydrogen) atoms. The maximum Gasteiger partial charge on any atom is 0.261 e. The molecule has 1 rings (SSSR count). The maximum atomic E-state index is 12.3. The number of rotatable bonds is 6. The van der Waals surface area contributed by atoms with Gasteiger partial charge in [-0.3, -0.25) is 10.2 Å². The van der Waals surface area contributed by atoms with Crippen LogP contribution in [-0.4, -0.2) is 10.4 Å². The zero-order chi connectivity index (χ0) is 13.7. The second-order valence-corrected chi connectivity index (χ2v) is 4.90. The van der Waals surface area contributed by atoms with E-state index >= 15 is 0 Å². The standard InChI is InChI=1S/C14H23N3O/c1-4-5-6-9-17-12(10(2)3)8-7-11(13(15)16)14(17)18/h7-8,10H,4-6,9H2,1-3H3,(H3,15,16). The van der Waals surface area contributed by atoms with E-state index in [1.807, 2.05) is 6.07 Å². The van der Waals surface area contributed by atoms with E-state index in [0.29, 0.717) is 18.0 Å². The summed E-state index contributed by atoms with van der Waals surface area (Å²) in [6.07, 6.45) is 3.21. The van der Waals surface area contributed by atoms with Crippen LogP contribution < -0.4 is 11.3 Å². The first kappa shape index (κ1) is 14.5. The van der Waals surface area contributed by atoms with E-state index in [1.54, 1.807) is 10.6 Å². The van der Waals surface area contributed by atoms with Crippen LogP contribution in [0, 0.1) is 5.41 Å². The van der Waals surface area contributed by atoms with Gasteiger partial charge in [-0.15, -0.1) is 0 Å². The molecular formula is C14H23N3O. The van der Waals surface area contributed by atoms with Crippen molar-refractivity contribution in [3.8, 4) is 0 Å². The SMILES string of the molecule is CCCCCn1c(C(C)C)ccc(C(=N)N)c1=O. The molecule has 0 saturated heterocycles. The largest absolute Gasteiger partial charge is 0.384 e. The lowest BCUT2D eigenvalue weighted by molar-refractivity contribution is 0.553. The third-order valence-corrected chi connectivity index (χ3v) is 3.07. The summed E-state index contributed by atoms with van der Waals surface area (Å²) in [5, 5.41) is 7.43. The number of hydrogen-bond acceptors (Lipinski definition) is 2. The van der Waals surface area contributed by atoms with Gasteiger partial charge >= 0.3 is 0 Å². The van der Waals surface area contributed by atoms with Crippen molar-refractivity contribution in [3.05, 3.63) is 33.7 Å². The molecule has 100 valence electrons. The zero-order valence-corrected chi connectivity index (χ0v) is 11.5. The van der Waals surface area contributed by atoms with Gasteiger partial charge in [0.2, 0.25) is 0 Å². The zero-order valence-electron chi connectivity index (χ0n) is 11.5. The van der Waals surface area contributed by atoms with Gasteiger partial charge in [0.1, 0.15) is 5.84 Å².